The molecule has 5 heteroatoms. The highest BCUT2D eigenvalue weighted by molar-refractivity contribution is 5.81. The molecule has 1 N–H and O–H groups in total. The maximum Gasteiger partial charge on any atom is 0.416 e. The van der Waals surface area contributed by atoms with Crippen molar-refractivity contribution in [3.05, 3.63) is 35.4 Å². The Morgan fingerprint density at radius 3 is 2.33 bits per heavy atom. The van der Waals surface area contributed by atoms with Crippen molar-refractivity contribution in [3.63, 3.8) is 0 Å². The van der Waals surface area contributed by atoms with E-state index >= 15 is 0 Å². The van der Waals surface area contributed by atoms with Gasteiger partial charge in [-0.3, -0.25) is 4.79 Å². The van der Waals surface area contributed by atoms with Gasteiger partial charge in [-0.25, -0.2) is 0 Å². The molecule has 0 aliphatic heterocycles. The second-order valence-electron chi connectivity index (χ2n) is 4.67. The first-order chi connectivity index (χ1) is 8.36. The maximum atomic E-state index is 12.6. The van der Waals surface area contributed by atoms with E-state index in [2.05, 4.69) is 0 Å². The fraction of sp³-hybridized carbons (Fsp3) is 0.462. The normalized spacial score (nSPS) is 18.8. The number of alkyl halides is 3. The van der Waals surface area contributed by atoms with Crippen LogP contribution in [0.5, 0.6) is 0 Å². The highest BCUT2D eigenvalue weighted by Crippen LogP contribution is 2.42. The van der Waals surface area contributed by atoms with Crippen molar-refractivity contribution in [1.29, 1.82) is 0 Å². The Bertz CT molecular complexity index is 460. The number of carboxylic acids is 1. The average molecular weight is 258 g/mol. The molecule has 1 aromatic carbocycles. The van der Waals surface area contributed by atoms with Crippen molar-refractivity contribution in [1.82, 2.24) is 0 Å². The number of halogens is 3. The topological polar surface area (TPSA) is 37.3 Å². The van der Waals surface area contributed by atoms with Crippen molar-refractivity contribution in [2.45, 2.75) is 37.3 Å². The molecule has 0 radical (unpaired) electrons. The van der Waals surface area contributed by atoms with E-state index in [4.69, 9.17) is 0 Å². The van der Waals surface area contributed by atoms with Gasteiger partial charge < -0.3 is 5.11 Å². The van der Waals surface area contributed by atoms with Crippen molar-refractivity contribution in [2.75, 3.05) is 0 Å². The zero-order valence-electron chi connectivity index (χ0n) is 9.63. The summed E-state index contributed by atoms with van der Waals surface area (Å²) in [5, 5.41) is 9.33. The molecule has 1 aliphatic carbocycles. The lowest BCUT2D eigenvalue weighted by Gasteiger charge is -2.25. The highest BCUT2D eigenvalue weighted by Gasteiger charge is 2.43. The van der Waals surface area contributed by atoms with Gasteiger partial charge in [-0.1, -0.05) is 31.0 Å². The fourth-order valence-electron chi connectivity index (χ4n) is 2.60. The minimum Gasteiger partial charge on any atom is -0.481 e. The summed E-state index contributed by atoms with van der Waals surface area (Å²) in [7, 11) is 0. The third kappa shape index (κ3) is 2.09. The molecule has 1 fully saturated rings. The van der Waals surface area contributed by atoms with Crippen LogP contribution in [0.25, 0.3) is 0 Å². The number of rotatable bonds is 2. The molecule has 0 bridgehead atoms. The van der Waals surface area contributed by atoms with Gasteiger partial charge in [-0.2, -0.15) is 13.2 Å². The van der Waals surface area contributed by atoms with Crippen LogP contribution in [-0.4, -0.2) is 11.1 Å². The first kappa shape index (κ1) is 12.9. The number of carbonyl (C=O) groups is 1. The lowest BCUT2D eigenvalue weighted by atomic mass is 9.78. The summed E-state index contributed by atoms with van der Waals surface area (Å²) in [5.41, 5.74) is -1.66. The molecule has 98 valence electrons. The average Bonchev–Trinajstić information content (AvgIpc) is 2.78. The number of hydrogen-bond donors (Lipinski definition) is 1. The van der Waals surface area contributed by atoms with Crippen molar-refractivity contribution in [3.8, 4) is 0 Å². The lowest BCUT2D eigenvalue weighted by molar-refractivity contribution is -0.144. The molecule has 0 unspecified atom stereocenters. The molecule has 0 spiro atoms. The molecule has 2 rings (SSSR count). The second kappa shape index (κ2) is 4.30. The van der Waals surface area contributed by atoms with E-state index in [0.29, 0.717) is 12.8 Å². The van der Waals surface area contributed by atoms with Gasteiger partial charge in [-0.05, 0) is 24.5 Å². The summed E-state index contributed by atoms with van der Waals surface area (Å²) in [6.07, 6.45) is -2.15. The molecule has 0 heterocycles. The van der Waals surface area contributed by atoms with E-state index in [9.17, 15) is 23.1 Å². The third-order valence-corrected chi connectivity index (χ3v) is 3.61. The number of hydrogen-bond acceptors (Lipinski definition) is 1. The molecular formula is C13H13F3O2. The zero-order valence-corrected chi connectivity index (χ0v) is 9.63. The Morgan fingerprint density at radius 1 is 1.22 bits per heavy atom. The summed E-state index contributed by atoms with van der Waals surface area (Å²) in [5.74, 6) is -1.03. The van der Waals surface area contributed by atoms with Gasteiger partial charge in [0.25, 0.3) is 0 Å². The van der Waals surface area contributed by atoms with Crippen LogP contribution >= 0.6 is 0 Å². The third-order valence-electron chi connectivity index (χ3n) is 3.61. The van der Waals surface area contributed by atoms with Gasteiger partial charge in [0.05, 0.1) is 11.0 Å². The van der Waals surface area contributed by atoms with Crippen LogP contribution < -0.4 is 0 Å². The van der Waals surface area contributed by atoms with Crippen LogP contribution in [0.2, 0.25) is 0 Å². The zero-order chi connectivity index (χ0) is 13.4. The van der Waals surface area contributed by atoms with E-state index < -0.39 is 23.1 Å². The standard InChI is InChI=1S/C13H13F3O2/c14-13(15,16)10-5-3-4-9(8-10)12(11(17)18)6-1-2-7-12/h3-5,8H,1-2,6-7H2,(H,17,18). The maximum absolute atomic E-state index is 12.6. The van der Waals surface area contributed by atoms with Gasteiger partial charge in [0.2, 0.25) is 0 Å². The summed E-state index contributed by atoms with van der Waals surface area (Å²) in [6, 6.07) is 4.70. The van der Waals surface area contributed by atoms with Crippen LogP contribution in [0.15, 0.2) is 24.3 Å². The minimum atomic E-state index is -4.44. The van der Waals surface area contributed by atoms with Crippen LogP contribution in [-0.2, 0) is 16.4 Å². The Balaban J connectivity index is 2.47. The van der Waals surface area contributed by atoms with E-state index in [0.717, 1.165) is 25.0 Å². The highest BCUT2D eigenvalue weighted by atomic mass is 19.4. The summed E-state index contributed by atoms with van der Waals surface area (Å²) in [4.78, 5) is 11.4. The van der Waals surface area contributed by atoms with E-state index in [1.807, 2.05) is 0 Å². The molecule has 1 saturated carbocycles. The number of carboxylic acid groups (broad SMARTS) is 1. The largest absolute Gasteiger partial charge is 0.481 e. The van der Waals surface area contributed by atoms with E-state index in [1.165, 1.54) is 12.1 Å². The fourth-order valence-corrected chi connectivity index (χ4v) is 2.60. The first-order valence-electron chi connectivity index (χ1n) is 5.77. The Kier molecular flexibility index (Phi) is 3.09. The second-order valence-corrected chi connectivity index (χ2v) is 4.67. The summed E-state index contributed by atoms with van der Waals surface area (Å²) < 4.78 is 37.9. The predicted molar refractivity (Wildman–Crippen MR) is 59.2 cm³/mol. The number of benzene rings is 1. The monoisotopic (exact) mass is 258 g/mol. The SMILES string of the molecule is O=C(O)C1(c2cccc(C(F)(F)F)c2)CCCC1. The quantitative estimate of drug-likeness (QED) is 0.880. The molecule has 2 nitrogen and oxygen atoms in total. The molecule has 0 atom stereocenters. The Labute approximate surface area is 102 Å². The molecule has 0 saturated heterocycles. The van der Waals surface area contributed by atoms with Crippen molar-refractivity contribution in [2.24, 2.45) is 0 Å². The van der Waals surface area contributed by atoms with Gasteiger partial charge in [0, 0.05) is 0 Å². The molecule has 0 amide bonds. The Morgan fingerprint density at radius 2 is 1.83 bits per heavy atom. The van der Waals surface area contributed by atoms with Crippen LogP contribution in [0, 0.1) is 0 Å². The minimum absolute atomic E-state index is 0.266. The number of aliphatic carboxylic acids is 1. The van der Waals surface area contributed by atoms with Crippen LogP contribution in [0.4, 0.5) is 13.2 Å². The van der Waals surface area contributed by atoms with Crippen molar-refractivity contribution >= 4 is 5.97 Å². The van der Waals surface area contributed by atoms with Gasteiger partial charge in [-0.15, -0.1) is 0 Å². The van der Waals surface area contributed by atoms with Crippen LogP contribution in [0.1, 0.15) is 36.8 Å². The van der Waals surface area contributed by atoms with Crippen molar-refractivity contribution < 1.29 is 23.1 Å². The summed E-state index contributed by atoms with van der Waals surface area (Å²) >= 11 is 0. The molecule has 18 heavy (non-hydrogen) atoms. The smallest absolute Gasteiger partial charge is 0.416 e. The summed E-state index contributed by atoms with van der Waals surface area (Å²) in [6.45, 7) is 0. The van der Waals surface area contributed by atoms with E-state index in [-0.39, 0.29) is 5.56 Å². The molecule has 0 aromatic heterocycles. The van der Waals surface area contributed by atoms with E-state index in [1.54, 1.807) is 0 Å². The first-order valence-corrected chi connectivity index (χ1v) is 5.77. The van der Waals surface area contributed by atoms with Gasteiger partial charge in [0.1, 0.15) is 0 Å². The van der Waals surface area contributed by atoms with Gasteiger partial charge in [0.15, 0.2) is 0 Å². The Hall–Kier alpha value is -1.52. The molecular weight excluding hydrogens is 245 g/mol. The van der Waals surface area contributed by atoms with Gasteiger partial charge >= 0.3 is 12.1 Å². The van der Waals surface area contributed by atoms with Crippen LogP contribution in [0.3, 0.4) is 0 Å². The molecule has 1 aromatic rings. The lowest BCUT2D eigenvalue weighted by Crippen LogP contribution is -2.32. The predicted octanol–water partition coefficient (Wildman–Crippen LogP) is 3.60. The molecule has 1 aliphatic rings.